The summed E-state index contributed by atoms with van der Waals surface area (Å²) in [7, 11) is 0. The number of H-pyrrole nitrogens is 1. The van der Waals surface area contributed by atoms with E-state index in [1.54, 1.807) is 0 Å². The van der Waals surface area contributed by atoms with Gasteiger partial charge in [0.2, 0.25) is 11.4 Å². The summed E-state index contributed by atoms with van der Waals surface area (Å²) in [5.41, 5.74) is -1.13. The van der Waals surface area contributed by atoms with Crippen molar-refractivity contribution >= 4 is 0 Å². The van der Waals surface area contributed by atoms with Gasteiger partial charge in [0.15, 0.2) is 0 Å². The molecular weight excluding hydrogens is 301 g/mol. The van der Waals surface area contributed by atoms with Crippen LogP contribution in [0.3, 0.4) is 0 Å². The average Bonchev–Trinajstić information content (AvgIpc) is 2.96. The van der Waals surface area contributed by atoms with Crippen molar-refractivity contribution in [2.45, 2.75) is 6.18 Å². The number of rotatable bonds is 2. The Morgan fingerprint density at radius 2 is 1.95 bits per heavy atom. The maximum atomic E-state index is 12.6. The molecule has 0 saturated heterocycles. The Morgan fingerprint density at radius 3 is 2.68 bits per heavy atom. The van der Waals surface area contributed by atoms with E-state index in [9.17, 15) is 18.0 Å². The molecule has 0 aliphatic heterocycles. The third-order valence-electron chi connectivity index (χ3n) is 2.72. The number of pyridine rings is 2. The monoisotopic (exact) mass is 308 g/mol. The van der Waals surface area contributed by atoms with Crippen LogP contribution in [0.25, 0.3) is 23.0 Å². The highest BCUT2D eigenvalue weighted by Gasteiger charge is 2.32. The molecule has 0 radical (unpaired) electrons. The molecule has 3 rings (SSSR count). The van der Waals surface area contributed by atoms with E-state index in [0.29, 0.717) is 5.56 Å². The minimum atomic E-state index is -4.56. The molecule has 0 spiro atoms. The number of nitrogens with one attached hydrogen (secondary N) is 1. The fraction of sp³-hybridized carbons (Fsp3) is 0.0769. The molecule has 1 N–H and O–H groups in total. The lowest BCUT2D eigenvalue weighted by Gasteiger charge is -2.05. The predicted octanol–water partition coefficient (Wildman–Crippen LogP) is 2.51. The number of nitrogens with zero attached hydrogens (tertiary/aromatic N) is 3. The van der Waals surface area contributed by atoms with E-state index in [1.807, 2.05) is 0 Å². The minimum absolute atomic E-state index is 0.0142. The standard InChI is InChI=1S/C13H7F3N4O2/c14-13(15,16)9-3-1-2-8(18-9)11-19-12(22-20-11)7-4-5-17-10(21)6-7/h1-6H,(H,17,21). The van der Waals surface area contributed by atoms with Gasteiger partial charge in [-0.1, -0.05) is 11.2 Å². The lowest BCUT2D eigenvalue weighted by molar-refractivity contribution is -0.141. The van der Waals surface area contributed by atoms with E-state index < -0.39 is 11.9 Å². The van der Waals surface area contributed by atoms with Crippen LogP contribution in [-0.2, 0) is 6.18 Å². The van der Waals surface area contributed by atoms with Crippen LogP contribution in [0.2, 0.25) is 0 Å². The Labute approximate surface area is 120 Å². The van der Waals surface area contributed by atoms with Crippen LogP contribution >= 0.6 is 0 Å². The second-order valence-electron chi connectivity index (χ2n) is 4.27. The Kier molecular flexibility index (Phi) is 3.24. The van der Waals surface area contributed by atoms with E-state index in [0.717, 1.165) is 6.07 Å². The second kappa shape index (κ2) is 5.10. The summed E-state index contributed by atoms with van der Waals surface area (Å²) >= 11 is 0. The summed E-state index contributed by atoms with van der Waals surface area (Å²) in [5.74, 6) is -0.0818. The van der Waals surface area contributed by atoms with Crippen LogP contribution in [-0.4, -0.2) is 20.1 Å². The van der Waals surface area contributed by atoms with Crippen LogP contribution in [0.4, 0.5) is 13.2 Å². The van der Waals surface area contributed by atoms with E-state index in [4.69, 9.17) is 4.52 Å². The molecule has 0 amide bonds. The Bertz CT molecular complexity index is 870. The summed E-state index contributed by atoms with van der Waals surface area (Å²) in [4.78, 5) is 21.0. The van der Waals surface area contributed by atoms with Gasteiger partial charge < -0.3 is 9.51 Å². The number of aromatic amines is 1. The van der Waals surface area contributed by atoms with Gasteiger partial charge in [-0.3, -0.25) is 4.79 Å². The normalized spacial score (nSPS) is 11.6. The predicted molar refractivity (Wildman–Crippen MR) is 68.6 cm³/mol. The SMILES string of the molecule is O=c1cc(-c2nc(-c3cccc(C(F)(F)F)n3)no2)cc[nH]1. The third kappa shape index (κ3) is 2.73. The number of aromatic nitrogens is 4. The van der Waals surface area contributed by atoms with Crippen molar-refractivity contribution < 1.29 is 17.7 Å². The summed E-state index contributed by atoms with van der Waals surface area (Å²) in [6.45, 7) is 0. The Morgan fingerprint density at radius 1 is 1.14 bits per heavy atom. The second-order valence-corrected chi connectivity index (χ2v) is 4.27. The number of hydrogen-bond donors (Lipinski definition) is 1. The molecule has 0 aliphatic carbocycles. The van der Waals surface area contributed by atoms with Crippen molar-refractivity contribution in [3.8, 4) is 23.0 Å². The van der Waals surface area contributed by atoms with Gasteiger partial charge in [-0.15, -0.1) is 0 Å². The zero-order chi connectivity index (χ0) is 15.7. The van der Waals surface area contributed by atoms with E-state index in [2.05, 4.69) is 20.1 Å². The fourth-order valence-electron chi connectivity index (χ4n) is 1.74. The first-order valence-corrected chi connectivity index (χ1v) is 6.01. The van der Waals surface area contributed by atoms with Gasteiger partial charge >= 0.3 is 6.18 Å². The highest BCUT2D eigenvalue weighted by atomic mass is 19.4. The molecule has 3 heterocycles. The smallest absolute Gasteiger partial charge is 0.334 e. The van der Waals surface area contributed by atoms with Gasteiger partial charge in [0.25, 0.3) is 5.89 Å². The molecule has 9 heteroatoms. The van der Waals surface area contributed by atoms with E-state index in [1.165, 1.54) is 30.5 Å². The maximum Gasteiger partial charge on any atom is 0.433 e. The molecule has 3 aromatic rings. The van der Waals surface area contributed by atoms with E-state index >= 15 is 0 Å². The van der Waals surface area contributed by atoms with Gasteiger partial charge in [0, 0.05) is 17.8 Å². The largest absolute Gasteiger partial charge is 0.433 e. The van der Waals surface area contributed by atoms with Gasteiger partial charge in [-0.2, -0.15) is 18.2 Å². The van der Waals surface area contributed by atoms with Gasteiger partial charge in [-0.25, -0.2) is 4.98 Å². The average molecular weight is 308 g/mol. The minimum Gasteiger partial charge on any atom is -0.334 e. The molecule has 0 aliphatic rings. The summed E-state index contributed by atoms with van der Waals surface area (Å²) in [5, 5.41) is 3.59. The van der Waals surface area contributed by atoms with Crippen molar-refractivity contribution in [3.05, 3.63) is 52.6 Å². The number of alkyl halides is 3. The molecule has 0 fully saturated rings. The summed E-state index contributed by atoms with van der Waals surface area (Å²) in [6, 6.07) is 6.15. The van der Waals surface area contributed by atoms with Crippen molar-refractivity contribution in [3.63, 3.8) is 0 Å². The first-order valence-electron chi connectivity index (χ1n) is 6.01. The first kappa shape index (κ1) is 14.0. The summed E-state index contributed by atoms with van der Waals surface area (Å²) < 4.78 is 42.9. The first-order chi connectivity index (χ1) is 10.4. The highest BCUT2D eigenvalue weighted by molar-refractivity contribution is 5.56. The molecule has 3 aromatic heterocycles. The zero-order valence-corrected chi connectivity index (χ0v) is 10.8. The molecule has 0 unspecified atom stereocenters. The number of halogens is 3. The Balaban J connectivity index is 1.99. The maximum absolute atomic E-state index is 12.6. The quantitative estimate of drug-likeness (QED) is 0.786. The fourth-order valence-corrected chi connectivity index (χ4v) is 1.74. The van der Waals surface area contributed by atoms with E-state index in [-0.39, 0.29) is 23.0 Å². The van der Waals surface area contributed by atoms with Crippen molar-refractivity contribution in [1.82, 2.24) is 20.1 Å². The van der Waals surface area contributed by atoms with Crippen molar-refractivity contribution in [2.24, 2.45) is 0 Å². The molecule has 22 heavy (non-hydrogen) atoms. The molecule has 0 aromatic carbocycles. The zero-order valence-electron chi connectivity index (χ0n) is 10.8. The van der Waals surface area contributed by atoms with Crippen molar-refractivity contribution in [1.29, 1.82) is 0 Å². The molecule has 0 saturated carbocycles. The molecular formula is C13H7F3N4O2. The van der Waals surface area contributed by atoms with Gasteiger partial charge in [0.05, 0.1) is 0 Å². The molecule has 0 atom stereocenters. The molecule has 0 bridgehead atoms. The number of hydrogen-bond acceptors (Lipinski definition) is 5. The Hall–Kier alpha value is -2.97. The third-order valence-corrected chi connectivity index (χ3v) is 2.72. The lowest BCUT2D eigenvalue weighted by atomic mass is 10.2. The van der Waals surface area contributed by atoms with Crippen LogP contribution in [0, 0.1) is 0 Å². The summed E-state index contributed by atoms with van der Waals surface area (Å²) in [6.07, 6.45) is -3.17. The van der Waals surface area contributed by atoms with Crippen molar-refractivity contribution in [2.75, 3.05) is 0 Å². The van der Waals surface area contributed by atoms with Crippen LogP contribution in [0.5, 0.6) is 0 Å². The molecule has 6 nitrogen and oxygen atoms in total. The van der Waals surface area contributed by atoms with Crippen LogP contribution in [0.1, 0.15) is 5.69 Å². The highest BCUT2D eigenvalue weighted by Crippen LogP contribution is 2.29. The topological polar surface area (TPSA) is 84.7 Å². The van der Waals surface area contributed by atoms with Crippen LogP contribution < -0.4 is 5.56 Å². The molecule has 112 valence electrons. The lowest BCUT2D eigenvalue weighted by Crippen LogP contribution is -2.08. The van der Waals surface area contributed by atoms with Crippen LogP contribution in [0.15, 0.2) is 45.8 Å². The van der Waals surface area contributed by atoms with Gasteiger partial charge in [-0.05, 0) is 18.2 Å². The van der Waals surface area contributed by atoms with Gasteiger partial charge in [0.1, 0.15) is 11.4 Å².